The molecule has 168 valence electrons. The third-order valence-electron chi connectivity index (χ3n) is 6.31. The minimum absolute atomic E-state index is 0.00332. The molecule has 1 aromatic heterocycles. The first kappa shape index (κ1) is 23.2. The number of carbonyl (C=O) groups excluding carboxylic acids is 1. The Balaban J connectivity index is 1.74. The highest BCUT2D eigenvalue weighted by Crippen LogP contribution is 2.44. The zero-order valence-electron chi connectivity index (χ0n) is 17.8. The van der Waals surface area contributed by atoms with Crippen molar-refractivity contribution in [3.63, 3.8) is 0 Å². The van der Waals surface area contributed by atoms with Crippen LogP contribution in [0.3, 0.4) is 0 Å². The van der Waals surface area contributed by atoms with Crippen molar-refractivity contribution in [3.8, 4) is 11.1 Å². The molecule has 0 spiro atoms. The van der Waals surface area contributed by atoms with Gasteiger partial charge in [0.1, 0.15) is 0 Å². The summed E-state index contributed by atoms with van der Waals surface area (Å²) in [6, 6.07) is 11.1. The van der Waals surface area contributed by atoms with Gasteiger partial charge in [0.25, 0.3) is 11.5 Å². The lowest BCUT2D eigenvalue weighted by Crippen LogP contribution is -2.49. The summed E-state index contributed by atoms with van der Waals surface area (Å²) in [7, 11) is -3.83. The van der Waals surface area contributed by atoms with Crippen molar-refractivity contribution in [1.29, 1.82) is 0 Å². The number of aryl methyl sites for hydroxylation is 1. The lowest BCUT2D eigenvalue weighted by atomic mass is 9.69. The van der Waals surface area contributed by atoms with Crippen molar-refractivity contribution in [2.75, 3.05) is 6.26 Å². The van der Waals surface area contributed by atoms with Crippen LogP contribution in [0.5, 0.6) is 0 Å². The van der Waals surface area contributed by atoms with Crippen LogP contribution in [0.2, 0.25) is 0 Å². The minimum Gasteiger partial charge on any atom is -0.390 e. The predicted molar refractivity (Wildman–Crippen MR) is 117 cm³/mol. The van der Waals surface area contributed by atoms with Gasteiger partial charge in [0.15, 0.2) is 14.6 Å². The van der Waals surface area contributed by atoms with Gasteiger partial charge in [0.2, 0.25) is 0 Å². The molecule has 0 saturated heterocycles. The average molecular weight is 449 g/mol. The van der Waals surface area contributed by atoms with E-state index in [2.05, 4.69) is 0 Å². The standard InChI is InChI=1S/C22H28N2O6S/c1-21(27)13-18(14-21)16-6-4-15(5-7-16)17-8-10-24(19(25)12-17)11-9-22(2,20(26)23-28)31(3,29)30/h4-8,10,12,18,27-28H,9,11,13-14H2,1-3H3,(H,23,26). The second-order valence-electron chi connectivity index (χ2n) is 8.87. The van der Waals surface area contributed by atoms with Gasteiger partial charge in [-0.3, -0.25) is 14.8 Å². The fraction of sp³-hybridized carbons (Fsp3) is 0.455. The van der Waals surface area contributed by atoms with E-state index in [4.69, 9.17) is 5.21 Å². The van der Waals surface area contributed by atoms with Crippen LogP contribution < -0.4 is 11.0 Å². The Kier molecular flexibility index (Phi) is 6.14. The summed E-state index contributed by atoms with van der Waals surface area (Å²) in [4.78, 5) is 24.5. The molecule has 31 heavy (non-hydrogen) atoms. The first-order chi connectivity index (χ1) is 14.4. The maximum atomic E-state index is 12.6. The molecule has 1 saturated carbocycles. The number of hydrogen-bond acceptors (Lipinski definition) is 6. The number of benzene rings is 1. The highest BCUT2D eigenvalue weighted by molar-refractivity contribution is 7.92. The molecule has 3 rings (SSSR count). The van der Waals surface area contributed by atoms with Crippen molar-refractivity contribution in [3.05, 3.63) is 58.5 Å². The number of nitrogens with one attached hydrogen (secondary N) is 1. The Morgan fingerprint density at radius 2 is 1.84 bits per heavy atom. The first-order valence-corrected chi connectivity index (χ1v) is 11.9. The van der Waals surface area contributed by atoms with Crippen LogP contribution in [-0.2, 0) is 21.2 Å². The van der Waals surface area contributed by atoms with E-state index in [1.807, 2.05) is 31.2 Å². The number of rotatable bonds is 7. The normalized spacial score (nSPS) is 22.9. The molecule has 1 aliphatic rings. The monoisotopic (exact) mass is 448 g/mol. The van der Waals surface area contributed by atoms with Gasteiger partial charge in [-0.1, -0.05) is 24.3 Å². The Labute approximate surface area is 181 Å². The summed E-state index contributed by atoms with van der Waals surface area (Å²) in [5.41, 5.74) is 3.25. The minimum atomic E-state index is -3.83. The molecule has 2 aromatic rings. The van der Waals surface area contributed by atoms with Crippen LogP contribution in [0.15, 0.2) is 47.4 Å². The molecule has 0 radical (unpaired) electrons. The van der Waals surface area contributed by atoms with Crippen molar-refractivity contribution in [2.24, 2.45) is 0 Å². The summed E-state index contributed by atoms with van der Waals surface area (Å²) in [5, 5.41) is 18.8. The summed E-state index contributed by atoms with van der Waals surface area (Å²) in [6.45, 7) is 3.05. The molecule has 1 heterocycles. The van der Waals surface area contributed by atoms with Crippen LogP contribution in [0, 0.1) is 0 Å². The Bertz CT molecular complexity index is 1130. The summed E-state index contributed by atoms with van der Waals surface area (Å²) in [6.07, 6.45) is 3.79. The fourth-order valence-electron chi connectivity index (χ4n) is 3.98. The van der Waals surface area contributed by atoms with E-state index in [1.165, 1.54) is 23.0 Å². The lowest BCUT2D eigenvalue weighted by molar-refractivity contribution is -0.131. The van der Waals surface area contributed by atoms with Crippen LogP contribution in [-0.4, -0.2) is 45.8 Å². The van der Waals surface area contributed by atoms with Crippen molar-refractivity contribution in [1.82, 2.24) is 10.0 Å². The van der Waals surface area contributed by atoms with Gasteiger partial charge in [0, 0.05) is 25.1 Å². The molecule has 1 atom stereocenters. The predicted octanol–water partition coefficient (Wildman–Crippen LogP) is 1.84. The van der Waals surface area contributed by atoms with Gasteiger partial charge < -0.3 is 9.67 Å². The van der Waals surface area contributed by atoms with Crippen LogP contribution in [0.1, 0.15) is 44.6 Å². The molecule has 1 fully saturated rings. The van der Waals surface area contributed by atoms with Gasteiger partial charge in [0.05, 0.1) is 5.60 Å². The molecule has 0 aliphatic heterocycles. The smallest absolute Gasteiger partial charge is 0.264 e. The number of pyridine rings is 1. The largest absolute Gasteiger partial charge is 0.390 e. The third kappa shape index (κ3) is 4.73. The number of hydrogen-bond donors (Lipinski definition) is 3. The topological polar surface area (TPSA) is 126 Å². The van der Waals surface area contributed by atoms with Gasteiger partial charge in [-0.2, -0.15) is 0 Å². The van der Waals surface area contributed by atoms with Crippen molar-refractivity contribution < 1.29 is 23.5 Å². The van der Waals surface area contributed by atoms with E-state index < -0.39 is 26.1 Å². The van der Waals surface area contributed by atoms with Crippen molar-refractivity contribution >= 4 is 15.7 Å². The highest BCUT2D eigenvalue weighted by Gasteiger charge is 2.43. The number of hydroxylamine groups is 1. The molecule has 8 nitrogen and oxygen atoms in total. The molecular formula is C22H28N2O6S. The zero-order valence-corrected chi connectivity index (χ0v) is 18.6. The quantitative estimate of drug-likeness (QED) is 0.438. The number of amides is 1. The zero-order chi connectivity index (χ0) is 23.0. The highest BCUT2D eigenvalue weighted by atomic mass is 32.2. The van der Waals surface area contributed by atoms with Crippen LogP contribution in [0.25, 0.3) is 11.1 Å². The number of aliphatic hydroxyl groups is 1. The Morgan fingerprint density at radius 1 is 1.23 bits per heavy atom. The molecule has 1 unspecified atom stereocenters. The number of carbonyl (C=O) groups is 1. The summed E-state index contributed by atoms with van der Waals surface area (Å²) >= 11 is 0. The van der Waals surface area contributed by atoms with E-state index >= 15 is 0 Å². The maximum absolute atomic E-state index is 12.6. The van der Waals surface area contributed by atoms with Gasteiger partial charge >= 0.3 is 0 Å². The number of nitrogens with zero attached hydrogens (tertiary/aromatic N) is 1. The Morgan fingerprint density at radius 3 is 2.32 bits per heavy atom. The van der Waals surface area contributed by atoms with Crippen LogP contribution in [0.4, 0.5) is 0 Å². The molecule has 1 aliphatic carbocycles. The maximum Gasteiger partial charge on any atom is 0.264 e. The first-order valence-electron chi connectivity index (χ1n) is 10.0. The van der Waals surface area contributed by atoms with E-state index in [9.17, 15) is 23.1 Å². The van der Waals surface area contributed by atoms with E-state index in [-0.39, 0.29) is 18.5 Å². The summed E-state index contributed by atoms with van der Waals surface area (Å²) < 4.78 is 23.6. The number of sulfone groups is 1. The van der Waals surface area contributed by atoms with Gasteiger partial charge in [-0.25, -0.2) is 13.9 Å². The lowest BCUT2D eigenvalue weighted by Gasteiger charge is -2.41. The third-order valence-corrected chi connectivity index (χ3v) is 8.34. The second-order valence-corrected chi connectivity index (χ2v) is 11.3. The molecule has 3 N–H and O–H groups in total. The van der Waals surface area contributed by atoms with Gasteiger partial charge in [-0.05, 0) is 61.8 Å². The van der Waals surface area contributed by atoms with E-state index in [0.717, 1.165) is 35.8 Å². The SMILES string of the molecule is CC1(O)CC(c2ccc(-c3ccn(CCC(C)(C(=O)NO)S(C)(=O)=O)c(=O)c3)cc2)C1. The molecule has 9 heteroatoms. The average Bonchev–Trinajstić information content (AvgIpc) is 2.69. The molecular weight excluding hydrogens is 420 g/mol. The molecule has 1 aromatic carbocycles. The molecule has 1 amide bonds. The second kappa shape index (κ2) is 8.22. The fourth-order valence-corrected chi connectivity index (χ4v) is 4.82. The number of aromatic nitrogens is 1. The van der Waals surface area contributed by atoms with Gasteiger partial charge in [-0.15, -0.1) is 0 Å². The van der Waals surface area contributed by atoms with E-state index in [0.29, 0.717) is 5.92 Å². The summed E-state index contributed by atoms with van der Waals surface area (Å²) in [5.74, 6) is -0.690. The molecule has 0 bridgehead atoms. The Hall–Kier alpha value is -2.49. The van der Waals surface area contributed by atoms with Crippen LogP contribution >= 0.6 is 0 Å². The van der Waals surface area contributed by atoms with Crippen molar-refractivity contribution in [2.45, 2.75) is 55.9 Å². The van der Waals surface area contributed by atoms with E-state index in [1.54, 1.807) is 12.3 Å².